The predicted molar refractivity (Wildman–Crippen MR) is 87.9 cm³/mol. The summed E-state index contributed by atoms with van der Waals surface area (Å²) in [6.07, 6.45) is 4.87. The number of piperidine rings is 1. The number of hydrogen-bond acceptors (Lipinski definition) is 3. The number of nitrogens with zero attached hydrogens (tertiary/aromatic N) is 3. The third kappa shape index (κ3) is 3.02. The second-order valence-electron chi connectivity index (χ2n) is 6.93. The van der Waals surface area contributed by atoms with Crippen molar-refractivity contribution in [1.29, 1.82) is 0 Å². The third-order valence-corrected chi connectivity index (χ3v) is 5.23. The Hall–Kier alpha value is -1.42. The Morgan fingerprint density at radius 3 is 2.59 bits per heavy atom. The number of carbonyl (C=O) groups excluding carboxylic acids is 1. The highest BCUT2D eigenvalue weighted by atomic mass is 16.2. The number of aromatic nitrogens is 1. The first kappa shape index (κ1) is 15.5. The van der Waals surface area contributed by atoms with E-state index in [4.69, 9.17) is 0 Å². The molecule has 0 radical (unpaired) electrons. The molecule has 0 aromatic carbocycles. The van der Waals surface area contributed by atoms with Crippen LogP contribution >= 0.6 is 0 Å². The summed E-state index contributed by atoms with van der Waals surface area (Å²) in [6, 6.07) is 7.49. The van der Waals surface area contributed by atoms with Gasteiger partial charge in [-0.15, -0.1) is 0 Å². The molecule has 2 aliphatic rings. The molecule has 1 aromatic heterocycles. The zero-order valence-electron chi connectivity index (χ0n) is 14.0. The zero-order chi connectivity index (χ0) is 15.7. The van der Waals surface area contributed by atoms with E-state index in [1.165, 1.54) is 19.3 Å². The lowest BCUT2D eigenvalue weighted by Crippen LogP contribution is -2.52. The van der Waals surface area contributed by atoms with E-state index < -0.39 is 0 Å². The van der Waals surface area contributed by atoms with Gasteiger partial charge in [0.2, 0.25) is 0 Å². The van der Waals surface area contributed by atoms with Crippen LogP contribution in [0.25, 0.3) is 0 Å². The largest absolute Gasteiger partial charge is 0.336 e. The highest BCUT2D eigenvalue weighted by Crippen LogP contribution is 2.30. The van der Waals surface area contributed by atoms with E-state index in [9.17, 15) is 4.79 Å². The standard InChI is InChI=1S/C18H27N3O/c1-13-6-4-8-17(19-13)18(22)20-11-5-7-16(12-20)21-14(2)9-10-15(21)3/h4,6,8,14-16H,5,7,9-12H2,1-3H3. The van der Waals surface area contributed by atoms with Crippen LogP contribution in [-0.4, -0.2) is 51.9 Å². The lowest BCUT2D eigenvalue weighted by molar-refractivity contribution is 0.0482. The summed E-state index contributed by atoms with van der Waals surface area (Å²) in [5.74, 6) is 0.0907. The number of likely N-dealkylation sites (tertiary alicyclic amines) is 2. The molecule has 1 aromatic rings. The van der Waals surface area contributed by atoms with Gasteiger partial charge in [-0.25, -0.2) is 4.98 Å². The number of hydrogen-bond donors (Lipinski definition) is 0. The first-order valence-electron chi connectivity index (χ1n) is 8.56. The van der Waals surface area contributed by atoms with E-state index >= 15 is 0 Å². The molecule has 2 saturated heterocycles. The van der Waals surface area contributed by atoms with Gasteiger partial charge in [-0.1, -0.05) is 6.07 Å². The fourth-order valence-corrected chi connectivity index (χ4v) is 4.14. The van der Waals surface area contributed by atoms with Crippen LogP contribution in [0.1, 0.15) is 55.7 Å². The molecule has 0 spiro atoms. The number of carbonyl (C=O) groups is 1. The van der Waals surface area contributed by atoms with E-state index in [-0.39, 0.29) is 5.91 Å². The van der Waals surface area contributed by atoms with E-state index in [0.717, 1.165) is 25.2 Å². The molecule has 4 nitrogen and oxygen atoms in total. The summed E-state index contributed by atoms with van der Waals surface area (Å²) in [4.78, 5) is 21.8. The molecule has 3 rings (SSSR count). The maximum absolute atomic E-state index is 12.7. The van der Waals surface area contributed by atoms with Crippen molar-refractivity contribution in [2.24, 2.45) is 0 Å². The molecular weight excluding hydrogens is 274 g/mol. The fraction of sp³-hybridized carbons (Fsp3) is 0.667. The van der Waals surface area contributed by atoms with Crippen molar-refractivity contribution < 1.29 is 4.79 Å². The fourth-order valence-electron chi connectivity index (χ4n) is 4.14. The van der Waals surface area contributed by atoms with Crippen LogP contribution in [0.5, 0.6) is 0 Å². The van der Waals surface area contributed by atoms with Crippen molar-refractivity contribution in [3.05, 3.63) is 29.6 Å². The smallest absolute Gasteiger partial charge is 0.272 e. The Bertz CT molecular complexity index is 535. The van der Waals surface area contributed by atoms with Crippen LogP contribution in [-0.2, 0) is 0 Å². The summed E-state index contributed by atoms with van der Waals surface area (Å²) in [5.41, 5.74) is 1.49. The Balaban J connectivity index is 1.71. The summed E-state index contributed by atoms with van der Waals surface area (Å²) >= 11 is 0. The number of pyridine rings is 1. The van der Waals surface area contributed by atoms with Crippen molar-refractivity contribution in [1.82, 2.24) is 14.8 Å². The maximum atomic E-state index is 12.7. The van der Waals surface area contributed by atoms with Gasteiger partial charge in [0.1, 0.15) is 5.69 Å². The second-order valence-corrected chi connectivity index (χ2v) is 6.93. The summed E-state index contributed by atoms with van der Waals surface area (Å²) in [7, 11) is 0. The van der Waals surface area contributed by atoms with Gasteiger partial charge in [-0.05, 0) is 58.6 Å². The van der Waals surface area contributed by atoms with E-state index in [1.54, 1.807) is 0 Å². The Kier molecular flexibility index (Phi) is 4.48. The summed E-state index contributed by atoms with van der Waals surface area (Å²) in [5, 5.41) is 0. The molecule has 0 aliphatic carbocycles. The Morgan fingerprint density at radius 2 is 1.91 bits per heavy atom. The molecule has 2 aliphatic heterocycles. The Labute approximate surface area is 133 Å². The number of amides is 1. The zero-order valence-corrected chi connectivity index (χ0v) is 14.0. The molecule has 3 atom stereocenters. The van der Waals surface area contributed by atoms with Crippen LogP contribution in [0.3, 0.4) is 0 Å². The minimum atomic E-state index is 0.0907. The molecule has 0 saturated carbocycles. The van der Waals surface area contributed by atoms with Crippen LogP contribution in [0.2, 0.25) is 0 Å². The first-order chi connectivity index (χ1) is 10.6. The minimum Gasteiger partial charge on any atom is -0.336 e. The van der Waals surface area contributed by atoms with Gasteiger partial charge in [-0.2, -0.15) is 0 Å². The Morgan fingerprint density at radius 1 is 1.18 bits per heavy atom. The van der Waals surface area contributed by atoms with Gasteiger partial charge in [0, 0.05) is 36.9 Å². The molecule has 3 heterocycles. The van der Waals surface area contributed by atoms with Gasteiger partial charge in [0.15, 0.2) is 0 Å². The summed E-state index contributed by atoms with van der Waals surface area (Å²) < 4.78 is 0. The molecule has 0 N–H and O–H groups in total. The highest BCUT2D eigenvalue weighted by Gasteiger charge is 2.36. The van der Waals surface area contributed by atoms with E-state index in [1.807, 2.05) is 30.0 Å². The molecule has 0 bridgehead atoms. The van der Waals surface area contributed by atoms with Gasteiger partial charge in [-0.3, -0.25) is 9.69 Å². The monoisotopic (exact) mass is 301 g/mol. The molecular formula is C18H27N3O. The molecule has 2 fully saturated rings. The maximum Gasteiger partial charge on any atom is 0.272 e. The van der Waals surface area contributed by atoms with Crippen LogP contribution in [0.15, 0.2) is 18.2 Å². The second kappa shape index (κ2) is 6.37. The first-order valence-corrected chi connectivity index (χ1v) is 8.56. The topological polar surface area (TPSA) is 36.4 Å². The van der Waals surface area contributed by atoms with Gasteiger partial charge < -0.3 is 4.90 Å². The quantitative estimate of drug-likeness (QED) is 0.843. The van der Waals surface area contributed by atoms with Crippen LogP contribution in [0.4, 0.5) is 0 Å². The van der Waals surface area contributed by atoms with Crippen molar-refractivity contribution in [3.63, 3.8) is 0 Å². The molecule has 3 unspecified atom stereocenters. The normalized spacial score (nSPS) is 29.8. The van der Waals surface area contributed by atoms with Gasteiger partial charge in [0.05, 0.1) is 0 Å². The summed E-state index contributed by atoms with van der Waals surface area (Å²) in [6.45, 7) is 8.30. The molecule has 4 heteroatoms. The average molecular weight is 301 g/mol. The third-order valence-electron chi connectivity index (χ3n) is 5.23. The van der Waals surface area contributed by atoms with Crippen molar-refractivity contribution in [2.75, 3.05) is 13.1 Å². The van der Waals surface area contributed by atoms with E-state index in [2.05, 4.69) is 23.7 Å². The average Bonchev–Trinajstić information content (AvgIpc) is 2.85. The lowest BCUT2D eigenvalue weighted by Gasteiger charge is -2.41. The molecule has 1 amide bonds. The minimum absolute atomic E-state index is 0.0907. The number of aryl methyl sites for hydroxylation is 1. The molecule has 120 valence electrons. The lowest BCUT2D eigenvalue weighted by atomic mass is 10.0. The van der Waals surface area contributed by atoms with Crippen molar-refractivity contribution in [3.8, 4) is 0 Å². The van der Waals surface area contributed by atoms with Gasteiger partial charge >= 0.3 is 0 Å². The van der Waals surface area contributed by atoms with E-state index in [0.29, 0.717) is 23.8 Å². The number of rotatable bonds is 2. The molecule has 22 heavy (non-hydrogen) atoms. The van der Waals surface area contributed by atoms with Crippen molar-refractivity contribution >= 4 is 5.91 Å². The van der Waals surface area contributed by atoms with Crippen LogP contribution in [0, 0.1) is 6.92 Å². The van der Waals surface area contributed by atoms with Crippen LogP contribution < -0.4 is 0 Å². The highest BCUT2D eigenvalue weighted by molar-refractivity contribution is 5.92. The van der Waals surface area contributed by atoms with Crippen molar-refractivity contribution in [2.45, 2.75) is 64.6 Å². The SMILES string of the molecule is Cc1cccc(C(=O)N2CCCC(N3C(C)CCC3C)C2)n1. The van der Waals surface area contributed by atoms with Gasteiger partial charge in [0.25, 0.3) is 5.91 Å². The predicted octanol–water partition coefficient (Wildman–Crippen LogP) is 2.87.